The van der Waals surface area contributed by atoms with E-state index in [1.54, 1.807) is 0 Å². The molecular formula is C45H84O9. The highest BCUT2D eigenvalue weighted by atomic mass is 16.7. The number of ether oxygens (including phenoxy) is 4. The molecule has 0 spiro atoms. The molecule has 0 saturated carbocycles. The van der Waals surface area contributed by atoms with Gasteiger partial charge in [0.15, 0.2) is 6.29 Å². The lowest BCUT2D eigenvalue weighted by Crippen LogP contribution is -2.59. The maximum Gasteiger partial charge on any atom is 0.306 e. The third kappa shape index (κ3) is 28.1. The number of hydrogen-bond acceptors (Lipinski definition) is 9. The van der Waals surface area contributed by atoms with Gasteiger partial charge in [-0.2, -0.15) is 0 Å². The van der Waals surface area contributed by atoms with Crippen LogP contribution in [0.3, 0.4) is 0 Å². The molecule has 0 amide bonds. The summed E-state index contributed by atoms with van der Waals surface area (Å²) in [7, 11) is 0. The van der Waals surface area contributed by atoms with Gasteiger partial charge < -0.3 is 39.4 Å². The highest BCUT2D eigenvalue weighted by molar-refractivity contribution is 5.69. The molecule has 0 aromatic rings. The molecule has 4 N–H and O–H groups in total. The summed E-state index contributed by atoms with van der Waals surface area (Å²) in [4.78, 5) is 12.7. The van der Waals surface area contributed by atoms with Crippen LogP contribution < -0.4 is 0 Å². The van der Waals surface area contributed by atoms with E-state index in [0.717, 1.165) is 38.5 Å². The van der Waals surface area contributed by atoms with Crippen LogP contribution in [0.4, 0.5) is 0 Å². The Kier molecular flexibility index (Phi) is 35.0. The van der Waals surface area contributed by atoms with Crippen LogP contribution >= 0.6 is 0 Å². The minimum Gasteiger partial charge on any atom is -0.457 e. The topological polar surface area (TPSA) is 135 Å². The van der Waals surface area contributed by atoms with Crippen molar-refractivity contribution in [1.82, 2.24) is 0 Å². The Hall–Kier alpha value is -1.33. The lowest BCUT2D eigenvalue weighted by molar-refractivity contribution is -0.305. The molecule has 1 rings (SSSR count). The lowest BCUT2D eigenvalue weighted by atomic mass is 9.99. The van der Waals surface area contributed by atoms with E-state index in [1.807, 2.05) is 0 Å². The van der Waals surface area contributed by atoms with Gasteiger partial charge in [0, 0.05) is 13.0 Å². The Labute approximate surface area is 330 Å². The van der Waals surface area contributed by atoms with Crippen molar-refractivity contribution < 1.29 is 44.2 Å². The molecule has 1 aliphatic rings. The fourth-order valence-electron chi connectivity index (χ4n) is 6.82. The maximum atomic E-state index is 12.7. The van der Waals surface area contributed by atoms with Gasteiger partial charge in [0.05, 0.1) is 19.8 Å². The fourth-order valence-corrected chi connectivity index (χ4v) is 6.82. The van der Waals surface area contributed by atoms with Crippen LogP contribution in [0.15, 0.2) is 24.3 Å². The number of rotatable bonds is 38. The van der Waals surface area contributed by atoms with Crippen LogP contribution in [-0.2, 0) is 23.7 Å². The number of carbonyl (C=O) groups excluding carboxylic acids is 1. The van der Waals surface area contributed by atoms with E-state index in [4.69, 9.17) is 18.9 Å². The maximum absolute atomic E-state index is 12.7. The highest BCUT2D eigenvalue weighted by Crippen LogP contribution is 2.22. The van der Waals surface area contributed by atoms with Gasteiger partial charge in [-0.3, -0.25) is 4.79 Å². The first kappa shape index (κ1) is 50.7. The average molecular weight is 769 g/mol. The first-order valence-corrected chi connectivity index (χ1v) is 22.4. The summed E-state index contributed by atoms with van der Waals surface area (Å²) in [5.41, 5.74) is 0. The van der Waals surface area contributed by atoms with Gasteiger partial charge in [-0.15, -0.1) is 0 Å². The first-order chi connectivity index (χ1) is 26.4. The van der Waals surface area contributed by atoms with Gasteiger partial charge in [0.25, 0.3) is 0 Å². The number of unbranched alkanes of at least 4 members (excludes halogenated alkanes) is 23. The van der Waals surface area contributed by atoms with Gasteiger partial charge in [-0.25, -0.2) is 0 Å². The summed E-state index contributed by atoms with van der Waals surface area (Å²) in [6.07, 6.45) is 35.0. The summed E-state index contributed by atoms with van der Waals surface area (Å²) >= 11 is 0. The van der Waals surface area contributed by atoms with E-state index in [0.29, 0.717) is 13.0 Å². The van der Waals surface area contributed by atoms with Crippen molar-refractivity contribution in [2.45, 2.75) is 230 Å². The number of allylic oxidation sites excluding steroid dienone is 4. The first-order valence-electron chi connectivity index (χ1n) is 22.4. The molecule has 1 aliphatic heterocycles. The van der Waals surface area contributed by atoms with Gasteiger partial charge >= 0.3 is 5.97 Å². The second-order valence-corrected chi connectivity index (χ2v) is 15.5. The zero-order chi connectivity index (χ0) is 39.3. The zero-order valence-electron chi connectivity index (χ0n) is 34.7. The van der Waals surface area contributed by atoms with E-state index < -0.39 is 43.4 Å². The summed E-state index contributed by atoms with van der Waals surface area (Å²) in [5, 5.41) is 40.0. The zero-order valence-corrected chi connectivity index (χ0v) is 34.7. The Bertz CT molecular complexity index is 879. The molecule has 0 aromatic heterocycles. The molecule has 6 atom stereocenters. The van der Waals surface area contributed by atoms with Crippen molar-refractivity contribution in [2.24, 2.45) is 0 Å². The van der Waals surface area contributed by atoms with Crippen LogP contribution in [0, 0.1) is 0 Å². The molecule has 6 unspecified atom stereocenters. The summed E-state index contributed by atoms with van der Waals surface area (Å²) < 4.78 is 22.7. The number of aliphatic hydroxyl groups is 4. The van der Waals surface area contributed by atoms with Crippen LogP contribution in [-0.4, -0.2) is 89.6 Å². The van der Waals surface area contributed by atoms with Crippen molar-refractivity contribution in [3.05, 3.63) is 24.3 Å². The Balaban J connectivity index is 2.17. The van der Waals surface area contributed by atoms with Crippen molar-refractivity contribution in [3.8, 4) is 0 Å². The second kappa shape index (κ2) is 37.3. The highest BCUT2D eigenvalue weighted by Gasteiger charge is 2.44. The number of aliphatic hydroxyl groups excluding tert-OH is 4. The van der Waals surface area contributed by atoms with Crippen molar-refractivity contribution in [2.75, 3.05) is 26.4 Å². The van der Waals surface area contributed by atoms with E-state index in [9.17, 15) is 25.2 Å². The minimum absolute atomic E-state index is 0.111. The van der Waals surface area contributed by atoms with Gasteiger partial charge in [0.2, 0.25) is 0 Å². The predicted molar refractivity (Wildman–Crippen MR) is 219 cm³/mol. The average Bonchev–Trinajstić information content (AvgIpc) is 3.17. The molecule has 0 bridgehead atoms. The predicted octanol–water partition coefficient (Wildman–Crippen LogP) is 9.81. The number of carbonyl (C=O) groups is 1. The van der Waals surface area contributed by atoms with E-state index >= 15 is 0 Å². The quantitative estimate of drug-likeness (QED) is 0.0275. The normalized spacial score (nSPS) is 21.0. The molecule has 1 saturated heterocycles. The van der Waals surface area contributed by atoms with E-state index in [1.165, 1.54) is 135 Å². The number of hydrogen-bond donors (Lipinski definition) is 4. The molecule has 318 valence electrons. The molecule has 0 aromatic carbocycles. The number of esters is 1. The fraction of sp³-hybridized carbons (Fsp3) is 0.889. The molecule has 9 heteroatoms. The molecule has 54 heavy (non-hydrogen) atoms. The largest absolute Gasteiger partial charge is 0.457 e. The van der Waals surface area contributed by atoms with Crippen LogP contribution in [0.2, 0.25) is 0 Å². The molecule has 1 fully saturated rings. The Morgan fingerprint density at radius 2 is 1.07 bits per heavy atom. The standard InChI is InChI=1S/C45H84O9/c1-3-5-7-9-11-13-14-15-16-17-18-19-20-21-22-23-24-25-26-27-28-30-32-34-41(47)53-39(37-51-35-33-31-29-12-10-8-6-4-2)38-52-45-44(50)43(49)42(48)40(36-46)54-45/h14-15,17-18,39-40,42-46,48-50H,3-13,16,19-38H2,1-2H3/b15-14-,18-17-. The molecular weight excluding hydrogens is 684 g/mol. The summed E-state index contributed by atoms with van der Waals surface area (Å²) in [6.45, 7) is 4.53. The molecule has 9 nitrogen and oxygen atoms in total. The van der Waals surface area contributed by atoms with Crippen molar-refractivity contribution in [3.63, 3.8) is 0 Å². The van der Waals surface area contributed by atoms with E-state index in [2.05, 4.69) is 38.2 Å². The lowest BCUT2D eigenvalue weighted by Gasteiger charge is -2.39. The molecule has 0 radical (unpaired) electrons. The smallest absolute Gasteiger partial charge is 0.306 e. The Morgan fingerprint density at radius 3 is 1.59 bits per heavy atom. The summed E-state index contributed by atoms with van der Waals surface area (Å²) in [6, 6.07) is 0. The van der Waals surface area contributed by atoms with Gasteiger partial charge in [0.1, 0.15) is 30.5 Å². The van der Waals surface area contributed by atoms with Crippen LogP contribution in [0.1, 0.15) is 194 Å². The third-order valence-electron chi connectivity index (χ3n) is 10.4. The van der Waals surface area contributed by atoms with E-state index in [-0.39, 0.29) is 19.2 Å². The minimum atomic E-state index is -1.53. The van der Waals surface area contributed by atoms with Crippen molar-refractivity contribution in [1.29, 1.82) is 0 Å². The monoisotopic (exact) mass is 769 g/mol. The van der Waals surface area contributed by atoms with Gasteiger partial charge in [-0.1, -0.05) is 167 Å². The molecule has 1 heterocycles. The molecule has 0 aliphatic carbocycles. The van der Waals surface area contributed by atoms with Crippen LogP contribution in [0.5, 0.6) is 0 Å². The third-order valence-corrected chi connectivity index (χ3v) is 10.4. The van der Waals surface area contributed by atoms with Gasteiger partial charge in [-0.05, 0) is 44.9 Å². The SMILES string of the molecule is CCCCCCC/C=C\C/C=C\CCCCCCCCCCCCCC(=O)OC(COCCCCCCCCCC)COC1OC(CO)C(O)C(O)C1O. The van der Waals surface area contributed by atoms with Crippen molar-refractivity contribution >= 4 is 5.97 Å². The summed E-state index contributed by atoms with van der Waals surface area (Å²) in [5.74, 6) is -0.316. The Morgan fingerprint density at radius 1 is 0.593 bits per heavy atom. The second-order valence-electron chi connectivity index (χ2n) is 15.5. The van der Waals surface area contributed by atoms with Crippen LogP contribution in [0.25, 0.3) is 0 Å².